The van der Waals surface area contributed by atoms with Crippen LogP contribution in [0.2, 0.25) is 0 Å². The van der Waals surface area contributed by atoms with Crippen LogP contribution in [-0.4, -0.2) is 64.8 Å². The second-order valence-electron chi connectivity index (χ2n) is 8.16. The van der Waals surface area contributed by atoms with Crippen LogP contribution in [0.15, 0.2) is 0 Å². The fraction of sp³-hybridized carbons (Fsp3) is 0.882. The second-order valence-corrected chi connectivity index (χ2v) is 8.16. The fourth-order valence-corrected chi connectivity index (χ4v) is 3.66. The average Bonchev–Trinajstić information content (AvgIpc) is 2.83. The van der Waals surface area contributed by atoms with Gasteiger partial charge in [0.25, 0.3) is 0 Å². The number of likely N-dealkylation sites (N-methyl/N-ethyl adjacent to an activating group) is 1. The molecule has 23 heavy (non-hydrogen) atoms. The first-order chi connectivity index (χ1) is 10.6. The summed E-state index contributed by atoms with van der Waals surface area (Å²) in [5, 5.41) is 9.27. The van der Waals surface area contributed by atoms with E-state index in [1.54, 1.807) is 4.90 Å². The Hall–Kier alpha value is -1.30. The number of hydrogen-bond donors (Lipinski definition) is 1. The molecule has 6 heteroatoms. The molecule has 0 radical (unpaired) electrons. The van der Waals surface area contributed by atoms with E-state index in [1.807, 2.05) is 27.8 Å². The molecule has 0 spiro atoms. The predicted octanol–water partition coefficient (Wildman–Crippen LogP) is 2.57. The summed E-state index contributed by atoms with van der Waals surface area (Å²) in [4.78, 5) is 27.2. The molecule has 1 N–H and O–H groups in total. The van der Waals surface area contributed by atoms with Crippen LogP contribution >= 0.6 is 0 Å². The highest BCUT2D eigenvalue weighted by atomic mass is 16.6. The zero-order valence-corrected chi connectivity index (χ0v) is 14.8. The molecule has 6 nitrogen and oxygen atoms in total. The van der Waals surface area contributed by atoms with Crippen LogP contribution in [0, 0.1) is 5.92 Å². The van der Waals surface area contributed by atoms with Gasteiger partial charge in [0.15, 0.2) is 0 Å². The minimum atomic E-state index is -0.813. The third-order valence-electron chi connectivity index (χ3n) is 4.92. The summed E-state index contributed by atoms with van der Waals surface area (Å²) in [7, 11) is 1.99. The lowest BCUT2D eigenvalue weighted by molar-refractivity contribution is -0.145. The molecule has 1 saturated heterocycles. The van der Waals surface area contributed by atoms with Gasteiger partial charge in [0, 0.05) is 19.6 Å². The number of nitrogens with zero attached hydrogens (tertiary/aromatic N) is 2. The van der Waals surface area contributed by atoms with Gasteiger partial charge >= 0.3 is 12.1 Å². The van der Waals surface area contributed by atoms with Crippen molar-refractivity contribution in [2.24, 2.45) is 5.92 Å². The normalized spacial score (nSPS) is 21.3. The smallest absolute Gasteiger partial charge is 0.410 e. The third-order valence-corrected chi connectivity index (χ3v) is 4.92. The maximum absolute atomic E-state index is 12.1. The monoisotopic (exact) mass is 326 g/mol. The molecule has 0 unspecified atom stereocenters. The maximum Gasteiger partial charge on any atom is 0.410 e. The minimum Gasteiger partial charge on any atom is -0.481 e. The topological polar surface area (TPSA) is 70.1 Å². The van der Waals surface area contributed by atoms with E-state index in [4.69, 9.17) is 4.74 Å². The van der Waals surface area contributed by atoms with Crippen molar-refractivity contribution in [1.82, 2.24) is 9.80 Å². The molecule has 0 aromatic heterocycles. The number of carbonyl (C=O) groups excluding carboxylic acids is 1. The lowest BCUT2D eigenvalue weighted by Gasteiger charge is -2.54. The third kappa shape index (κ3) is 4.59. The molecule has 132 valence electrons. The summed E-state index contributed by atoms with van der Waals surface area (Å²) in [6.07, 6.45) is 4.71. The summed E-state index contributed by atoms with van der Waals surface area (Å²) in [5.41, 5.74) is -0.983. The van der Waals surface area contributed by atoms with Crippen LogP contribution in [0.1, 0.15) is 52.9 Å². The quantitative estimate of drug-likeness (QED) is 0.841. The van der Waals surface area contributed by atoms with Crippen molar-refractivity contribution >= 4 is 12.1 Å². The Morgan fingerprint density at radius 2 is 1.83 bits per heavy atom. The highest BCUT2D eigenvalue weighted by Gasteiger charge is 2.50. The number of ether oxygens (including phenoxy) is 1. The van der Waals surface area contributed by atoms with Gasteiger partial charge in [-0.1, -0.05) is 12.8 Å². The van der Waals surface area contributed by atoms with E-state index >= 15 is 0 Å². The van der Waals surface area contributed by atoms with Gasteiger partial charge in [0.2, 0.25) is 0 Å². The average molecular weight is 326 g/mol. The molecule has 0 aromatic rings. The van der Waals surface area contributed by atoms with E-state index in [1.165, 1.54) is 25.7 Å². The van der Waals surface area contributed by atoms with E-state index < -0.39 is 17.1 Å². The van der Waals surface area contributed by atoms with Crippen LogP contribution in [0.3, 0.4) is 0 Å². The molecule has 1 heterocycles. The number of hydrogen-bond acceptors (Lipinski definition) is 4. The van der Waals surface area contributed by atoms with Crippen molar-refractivity contribution in [1.29, 1.82) is 0 Å². The number of carboxylic acids is 1. The number of likely N-dealkylation sites (tertiary alicyclic amines) is 1. The Morgan fingerprint density at radius 3 is 2.30 bits per heavy atom. The summed E-state index contributed by atoms with van der Waals surface area (Å²) in [6.45, 7) is 7.27. The minimum absolute atomic E-state index is 0.0650. The van der Waals surface area contributed by atoms with Crippen LogP contribution in [0.5, 0.6) is 0 Å². The number of carbonyl (C=O) groups is 2. The summed E-state index contributed by atoms with van der Waals surface area (Å²) in [5.74, 6) is -0.159. The van der Waals surface area contributed by atoms with Crippen LogP contribution < -0.4 is 0 Å². The number of carboxylic acid groups (broad SMARTS) is 1. The Morgan fingerprint density at radius 1 is 1.26 bits per heavy atom. The van der Waals surface area contributed by atoms with Gasteiger partial charge in [-0.15, -0.1) is 0 Å². The van der Waals surface area contributed by atoms with Crippen molar-refractivity contribution in [3.63, 3.8) is 0 Å². The van der Waals surface area contributed by atoms with Crippen LogP contribution in [-0.2, 0) is 9.53 Å². The molecule has 1 aliphatic carbocycles. The highest BCUT2D eigenvalue weighted by molar-refractivity contribution is 5.73. The first-order valence-corrected chi connectivity index (χ1v) is 8.52. The van der Waals surface area contributed by atoms with Gasteiger partial charge in [-0.2, -0.15) is 0 Å². The molecule has 0 atom stereocenters. The van der Waals surface area contributed by atoms with E-state index in [0.29, 0.717) is 19.0 Å². The number of rotatable bonds is 5. The van der Waals surface area contributed by atoms with Crippen molar-refractivity contribution in [3.05, 3.63) is 0 Å². The SMILES string of the molecule is CN(CC1CCCC1)C1(CC(=O)O)CN(C(=O)OC(C)(C)C)C1. The fourth-order valence-electron chi connectivity index (χ4n) is 3.66. The molecule has 0 bridgehead atoms. The van der Waals surface area contributed by atoms with E-state index in [2.05, 4.69) is 4.90 Å². The zero-order chi connectivity index (χ0) is 17.3. The lowest BCUT2D eigenvalue weighted by Crippen LogP contribution is -2.71. The van der Waals surface area contributed by atoms with Crippen molar-refractivity contribution in [3.8, 4) is 0 Å². The predicted molar refractivity (Wildman–Crippen MR) is 87.4 cm³/mol. The maximum atomic E-state index is 12.1. The van der Waals surface area contributed by atoms with Gasteiger partial charge in [-0.25, -0.2) is 4.79 Å². The molecule has 0 aromatic carbocycles. The molecule has 1 amide bonds. The highest BCUT2D eigenvalue weighted by Crippen LogP contribution is 2.34. The first kappa shape index (κ1) is 18.0. The lowest BCUT2D eigenvalue weighted by atomic mass is 9.84. The van der Waals surface area contributed by atoms with E-state index in [0.717, 1.165) is 6.54 Å². The summed E-state index contributed by atoms with van der Waals surface area (Å²) >= 11 is 0. The molecule has 2 fully saturated rings. The van der Waals surface area contributed by atoms with Crippen molar-refractivity contribution < 1.29 is 19.4 Å². The first-order valence-electron chi connectivity index (χ1n) is 8.52. The van der Waals surface area contributed by atoms with E-state index in [9.17, 15) is 14.7 Å². The molecule has 1 saturated carbocycles. The Kier molecular flexibility index (Phi) is 5.23. The Bertz CT molecular complexity index is 446. The molecular formula is C17H30N2O4. The van der Waals surface area contributed by atoms with Crippen molar-refractivity contribution in [2.45, 2.75) is 64.0 Å². The van der Waals surface area contributed by atoms with Gasteiger partial charge in [0.1, 0.15) is 5.60 Å². The van der Waals surface area contributed by atoms with E-state index in [-0.39, 0.29) is 12.5 Å². The molecule has 1 aliphatic heterocycles. The van der Waals surface area contributed by atoms with Gasteiger partial charge in [0.05, 0.1) is 12.0 Å². The van der Waals surface area contributed by atoms with Crippen molar-refractivity contribution in [2.75, 3.05) is 26.7 Å². The standard InChI is InChI=1S/C17H30N2O4/c1-16(2,3)23-15(22)19-11-17(12-19,9-14(20)21)18(4)10-13-7-5-6-8-13/h13H,5-12H2,1-4H3,(H,20,21). The zero-order valence-electron chi connectivity index (χ0n) is 14.8. The van der Waals surface area contributed by atoms with Gasteiger partial charge in [-0.05, 0) is 46.6 Å². The van der Waals surface area contributed by atoms with Gasteiger partial charge in [-0.3, -0.25) is 9.69 Å². The molecule has 2 aliphatic rings. The molecular weight excluding hydrogens is 296 g/mol. The second kappa shape index (κ2) is 6.67. The summed E-state index contributed by atoms with van der Waals surface area (Å²) in [6, 6.07) is 0. The number of aliphatic carboxylic acids is 1. The molecule has 2 rings (SSSR count). The van der Waals surface area contributed by atoms with Gasteiger partial charge < -0.3 is 14.7 Å². The largest absolute Gasteiger partial charge is 0.481 e. The van der Waals surface area contributed by atoms with Crippen LogP contribution in [0.25, 0.3) is 0 Å². The number of amides is 1. The summed E-state index contributed by atoms with van der Waals surface area (Å²) < 4.78 is 5.37. The Labute approximate surface area is 138 Å². The Balaban J connectivity index is 1.96. The van der Waals surface area contributed by atoms with Crippen LogP contribution in [0.4, 0.5) is 4.79 Å².